The summed E-state index contributed by atoms with van der Waals surface area (Å²) in [6.07, 6.45) is 7.99. The van der Waals surface area contributed by atoms with E-state index in [4.69, 9.17) is 4.74 Å². The van der Waals surface area contributed by atoms with Crippen LogP contribution in [0.5, 0.6) is 0 Å². The van der Waals surface area contributed by atoms with E-state index in [2.05, 4.69) is 10.6 Å². The van der Waals surface area contributed by atoms with Gasteiger partial charge in [-0.1, -0.05) is 19.3 Å². The van der Waals surface area contributed by atoms with Crippen molar-refractivity contribution in [3.8, 4) is 0 Å². The summed E-state index contributed by atoms with van der Waals surface area (Å²) in [6.45, 7) is 2.75. The van der Waals surface area contributed by atoms with Crippen LogP contribution in [0.1, 0.15) is 44.9 Å². The number of alkyl carbamates (subject to hydrolysis) is 1. The fraction of sp³-hybridized carbons (Fsp3) is 0.923. The average molecular weight is 240 g/mol. The molecule has 2 fully saturated rings. The maximum atomic E-state index is 11.5. The van der Waals surface area contributed by atoms with E-state index in [1.807, 2.05) is 0 Å². The third-order valence-electron chi connectivity index (χ3n) is 3.85. The number of rotatable bonds is 4. The maximum Gasteiger partial charge on any atom is 0.407 e. The van der Waals surface area contributed by atoms with Crippen molar-refractivity contribution in [2.24, 2.45) is 5.92 Å². The van der Waals surface area contributed by atoms with Gasteiger partial charge in [0.2, 0.25) is 0 Å². The smallest absolute Gasteiger partial charge is 0.407 e. The van der Waals surface area contributed by atoms with Crippen molar-refractivity contribution < 1.29 is 9.53 Å². The lowest BCUT2D eigenvalue weighted by atomic mass is 9.96. The molecule has 1 aliphatic heterocycles. The van der Waals surface area contributed by atoms with Crippen LogP contribution in [0.3, 0.4) is 0 Å². The molecule has 0 aromatic rings. The zero-order chi connectivity index (χ0) is 11.9. The largest absolute Gasteiger partial charge is 0.450 e. The van der Waals surface area contributed by atoms with Gasteiger partial charge in [-0.15, -0.1) is 0 Å². The molecule has 1 aliphatic carbocycles. The van der Waals surface area contributed by atoms with Gasteiger partial charge < -0.3 is 15.4 Å². The van der Waals surface area contributed by atoms with Crippen molar-refractivity contribution in [3.05, 3.63) is 0 Å². The van der Waals surface area contributed by atoms with Crippen LogP contribution in [0.25, 0.3) is 0 Å². The van der Waals surface area contributed by atoms with Crippen LogP contribution in [0, 0.1) is 5.92 Å². The van der Waals surface area contributed by atoms with E-state index in [9.17, 15) is 4.79 Å². The SMILES string of the molecule is O=C(NC1CCCCC1)OCCC1CCNC1. The predicted molar refractivity (Wildman–Crippen MR) is 67.0 cm³/mol. The summed E-state index contributed by atoms with van der Waals surface area (Å²) in [5, 5.41) is 6.29. The van der Waals surface area contributed by atoms with Gasteiger partial charge >= 0.3 is 6.09 Å². The van der Waals surface area contributed by atoms with Crippen molar-refractivity contribution in [2.75, 3.05) is 19.7 Å². The Morgan fingerprint density at radius 3 is 2.76 bits per heavy atom. The van der Waals surface area contributed by atoms with Crippen molar-refractivity contribution in [1.29, 1.82) is 0 Å². The number of hydrogen-bond acceptors (Lipinski definition) is 3. The second-order valence-electron chi connectivity index (χ2n) is 5.26. The Morgan fingerprint density at radius 1 is 1.24 bits per heavy atom. The molecule has 98 valence electrons. The van der Waals surface area contributed by atoms with E-state index in [0.29, 0.717) is 18.6 Å². The van der Waals surface area contributed by atoms with E-state index in [0.717, 1.165) is 32.4 Å². The molecule has 4 nitrogen and oxygen atoms in total. The normalized spacial score (nSPS) is 25.8. The maximum absolute atomic E-state index is 11.5. The second-order valence-corrected chi connectivity index (χ2v) is 5.26. The molecule has 0 aromatic carbocycles. The number of ether oxygens (including phenoxy) is 1. The molecule has 17 heavy (non-hydrogen) atoms. The van der Waals surface area contributed by atoms with Crippen LogP contribution < -0.4 is 10.6 Å². The summed E-state index contributed by atoms with van der Waals surface area (Å²) in [7, 11) is 0. The van der Waals surface area contributed by atoms with Crippen LogP contribution in [0.4, 0.5) is 4.79 Å². The highest BCUT2D eigenvalue weighted by Gasteiger charge is 2.17. The van der Waals surface area contributed by atoms with Crippen molar-refractivity contribution >= 4 is 6.09 Å². The molecular formula is C13H24N2O2. The molecule has 2 N–H and O–H groups in total. The van der Waals surface area contributed by atoms with Gasteiger partial charge in [0.15, 0.2) is 0 Å². The fourth-order valence-electron chi connectivity index (χ4n) is 2.73. The van der Waals surface area contributed by atoms with Gasteiger partial charge in [-0.25, -0.2) is 4.79 Å². The minimum absolute atomic E-state index is 0.220. The topological polar surface area (TPSA) is 50.4 Å². The molecule has 2 rings (SSSR count). The van der Waals surface area contributed by atoms with E-state index in [1.54, 1.807) is 0 Å². The molecule has 0 aromatic heterocycles. The second kappa shape index (κ2) is 6.84. The lowest BCUT2D eigenvalue weighted by Gasteiger charge is -2.22. The lowest BCUT2D eigenvalue weighted by Crippen LogP contribution is -2.36. The third kappa shape index (κ3) is 4.54. The van der Waals surface area contributed by atoms with Crippen molar-refractivity contribution in [3.63, 3.8) is 0 Å². The summed E-state index contributed by atoms with van der Waals surface area (Å²) < 4.78 is 5.23. The molecule has 0 spiro atoms. The Kier molecular flexibility index (Phi) is 5.10. The minimum Gasteiger partial charge on any atom is -0.450 e. The molecule has 2 aliphatic rings. The predicted octanol–water partition coefficient (Wildman–Crippen LogP) is 2.04. The number of carbonyl (C=O) groups excluding carboxylic acids is 1. The highest BCUT2D eigenvalue weighted by Crippen LogP contribution is 2.17. The highest BCUT2D eigenvalue weighted by molar-refractivity contribution is 5.67. The number of amides is 1. The summed E-state index contributed by atoms with van der Waals surface area (Å²) in [6, 6.07) is 0.351. The van der Waals surface area contributed by atoms with Crippen LogP contribution in [-0.2, 0) is 4.74 Å². The molecule has 4 heteroatoms. The van der Waals surface area contributed by atoms with Gasteiger partial charge in [0.05, 0.1) is 6.61 Å². The lowest BCUT2D eigenvalue weighted by molar-refractivity contribution is 0.133. The molecule has 1 saturated carbocycles. The fourth-order valence-corrected chi connectivity index (χ4v) is 2.73. The van der Waals surface area contributed by atoms with Gasteiger partial charge in [-0.3, -0.25) is 0 Å². The van der Waals surface area contributed by atoms with E-state index < -0.39 is 0 Å². The molecule has 1 amide bonds. The van der Waals surface area contributed by atoms with Gasteiger partial charge in [-0.05, 0) is 44.7 Å². The zero-order valence-electron chi connectivity index (χ0n) is 10.5. The quantitative estimate of drug-likeness (QED) is 0.790. The summed E-state index contributed by atoms with van der Waals surface area (Å²) >= 11 is 0. The first-order valence-corrected chi connectivity index (χ1v) is 6.98. The molecule has 0 radical (unpaired) electrons. The molecule has 0 bridgehead atoms. The highest BCUT2D eigenvalue weighted by atomic mass is 16.5. The van der Waals surface area contributed by atoms with Crippen LogP contribution in [0.2, 0.25) is 0 Å². The molecular weight excluding hydrogens is 216 g/mol. The zero-order valence-corrected chi connectivity index (χ0v) is 10.5. The van der Waals surface area contributed by atoms with Crippen LogP contribution in [-0.4, -0.2) is 31.8 Å². The Labute approximate surface area is 103 Å². The van der Waals surface area contributed by atoms with Crippen molar-refractivity contribution in [1.82, 2.24) is 10.6 Å². The summed E-state index contributed by atoms with van der Waals surface area (Å²) in [5.41, 5.74) is 0. The van der Waals surface area contributed by atoms with Gasteiger partial charge in [0.1, 0.15) is 0 Å². The number of nitrogens with one attached hydrogen (secondary N) is 2. The Bertz CT molecular complexity index is 234. The van der Waals surface area contributed by atoms with Crippen molar-refractivity contribution in [2.45, 2.75) is 51.0 Å². The third-order valence-corrected chi connectivity index (χ3v) is 3.85. The van der Waals surface area contributed by atoms with E-state index in [1.165, 1.54) is 25.7 Å². The van der Waals surface area contributed by atoms with Gasteiger partial charge in [0, 0.05) is 6.04 Å². The molecule has 1 heterocycles. The molecule has 1 unspecified atom stereocenters. The average Bonchev–Trinajstić information content (AvgIpc) is 2.83. The Hall–Kier alpha value is -0.770. The Morgan fingerprint density at radius 2 is 2.06 bits per heavy atom. The van der Waals surface area contributed by atoms with Gasteiger partial charge in [0.25, 0.3) is 0 Å². The van der Waals surface area contributed by atoms with Crippen LogP contribution >= 0.6 is 0 Å². The monoisotopic (exact) mass is 240 g/mol. The number of hydrogen-bond donors (Lipinski definition) is 2. The first kappa shape index (κ1) is 12.7. The van der Waals surface area contributed by atoms with E-state index >= 15 is 0 Å². The van der Waals surface area contributed by atoms with Gasteiger partial charge in [-0.2, -0.15) is 0 Å². The molecule has 1 atom stereocenters. The molecule has 1 saturated heterocycles. The number of carbonyl (C=O) groups is 1. The minimum atomic E-state index is -0.220. The standard InChI is InChI=1S/C13H24N2O2/c16-13(15-12-4-2-1-3-5-12)17-9-7-11-6-8-14-10-11/h11-12,14H,1-10H2,(H,15,16). The Balaban J connectivity index is 1.53. The first-order chi connectivity index (χ1) is 8.34. The first-order valence-electron chi connectivity index (χ1n) is 6.98. The summed E-state index contributed by atoms with van der Waals surface area (Å²) in [5.74, 6) is 0.692. The summed E-state index contributed by atoms with van der Waals surface area (Å²) in [4.78, 5) is 11.5. The van der Waals surface area contributed by atoms with Crippen LogP contribution in [0.15, 0.2) is 0 Å². The van der Waals surface area contributed by atoms with E-state index in [-0.39, 0.29) is 6.09 Å².